The number of ether oxygens (including phenoxy) is 2. The van der Waals surface area contributed by atoms with E-state index in [1.807, 2.05) is 35.3 Å². The van der Waals surface area contributed by atoms with E-state index in [1.54, 1.807) is 24.1 Å². The number of nitrogens with two attached hydrogens (primary N) is 1. The molecule has 0 bridgehead atoms. The monoisotopic (exact) mass is 539 g/mol. The minimum atomic E-state index is -0.249. The van der Waals surface area contributed by atoms with Crippen LogP contribution in [0.1, 0.15) is 69.5 Å². The molecule has 1 aliphatic carbocycles. The van der Waals surface area contributed by atoms with Crippen LogP contribution in [0, 0.1) is 11.8 Å². The van der Waals surface area contributed by atoms with Crippen LogP contribution < -0.4 is 10.5 Å². The fourth-order valence-corrected chi connectivity index (χ4v) is 5.72. The third kappa shape index (κ3) is 4.10. The minimum Gasteiger partial charge on any atom is -0.491 e. The van der Waals surface area contributed by atoms with Crippen LogP contribution in [0.2, 0.25) is 5.02 Å². The van der Waals surface area contributed by atoms with Gasteiger partial charge in [-0.05, 0) is 49.1 Å². The molecule has 2 aromatic heterocycles. The molecule has 0 unspecified atom stereocenters. The summed E-state index contributed by atoms with van der Waals surface area (Å²) in [6, 6.07) is 9.65. The van der Waals surface area contributed by atoms with Crippen molar-refractivity contribution < 1.29 is 14.3 Å². The molecule has 0 radical (unpaired) electrons. The molecule has 3 aliphatic rings. The number of carbonyl (C=O) groups excluding carboxylic acids is 1. The van der Waals surface area contributed by atoms with Crippen molar-refractivity contribution in [3.63, 3.8) is 0 Å². The lowest BCUT2D eigenvalue weighted by Gasteiger charge is -2.25. The van der Waals surface area contributed by atoms with Gasteiger partial charge in [0.15, 0.2) is 0 Å². The number of pyridine rings is 1. The van der Waals surface area contributed by atoms with Gasteiger partial charge in [0.1, 0.15) is 18.2 Å². The summed E-state index contributed by atoms with van der Waals surface area (Å²) in [4.78, 5) is 19.8. The Morgan fingerprint density at radius 1 is 1.15 bits per heavy atom. The number of benzene rings is 2. The fourth-order valence-electron chi connectivity index (χ4n) is 5.48. The highest BCUT2D eigenvalue weighted by atomic mass is 35.5. The van der Waals surface area contributed by atoms with Gasteiger partial charge in [0.2, 0.25) is 0 Å². The molecular weight excluding hydrogens is 514 g/mol. The maximum absolute atomic E-state index is 13.7. The van der Waals surface area contributed by atoms with E-state index in [9.17, 15) is 4.79 Å². The molecule has 2 aromatic carbocycles. The molecule has 2 aliphatic heterocycles. The van der Waals surface area contributed by atoms with Crippen molar-refractivity contribution >= 4 is 34.2 Å². The van der Waals surface area contributed by atoms with Crippen LogP contribution in [-0.4, -0.2) is 39.2 Å². The predicted octanol–water partition coefficient (Wildman–Crippen LogP) is 5.03. The van der Waals surface area contributed by atoms with E-state index in [0.717, 1.165) is 39.0 Å². The number of halogens is 1. The normalized spacial score (nSPS) is 17.6. The van der Waals surface area contributed by atoms with E-state index in [1.165, 1.54) is 19.3 Å². The van der Waals surface area contributed by atoms with Crippen molar-refractivity contribution in [3.05, 3.63) is 81.1 Å². The Morgan fingerprint density at radius 2 is 1.97 bits per heavy atom. The second-order valence-electron chi connectivity index (χ2n) is 10.3. The second kappa shape index (κ2) is 9.30. The number of aromatic nitrogens is 3. The SMILES string of the molecule is CN(C(=O)c1cc2c3c(c(N)nc2cc1Cl)COC3)[C@@H]1COc2cc(C#Cc3cnn(C4CCC4)c3)ccc21. The smallest absolute Gasteiger partial charge is 0.255 e. The van der Waals surface area contributed by atoms with Gasteiger partial charge in [-0.2, -0.15) is 5.10 Å². The van der Waals surface area contributed by atoms with Crippen molar-refractivity contribution in [2.45, 2.75) is 44.6 Å². The maximum Gasteiger partial charge on any atom is 0.255 e. The van der Waals surface area contributed by atoms with E-state index in [2.05, 4.69) is 21.9 Å². The molecular formula is C30H26ClN5O3. The van der Waals surface area contributed by atoms with Crippen LogP contribution in [0.25, 0.3) is 10.9 Å². The predicted molar refractivity (Wildman–Crippen MR) is 148 cm³/mol. The van der Waals surface area contributed by atoms with Crippen LogP contribution in [0.15, 0.2) is 42.7 Å². The van der Waals surface area contributed by atoms with Gasteiger partial charge < -0.3 is 20.1 Å². The van der Waals surface area contributed by atoms with E-state index >= 15 is 0 Å². The molecule has 196 valence electrons. The summed E-state index contributed by atoms with van der Waals surface area (Å²) in [7, 11) is 1.77. The Morgan fingerprint density at radius 3 is 2.79 bits per heavy atom. The van der Waals surface area contributed by atoms with E-state index < -0.39 is 0 Å². The van der Waals surface area contributed by atoms with Gasteiger partial charge in [-0.15, -0.1) is 0 Å². The van der Waals surface area contributed by atoms with Crippen molar-refractivity contribution in [3.8, 4) is 17.6 Å². The molecule has 7 rings (SSSR count). The summed E-state index contributed by atoms with van der Waals surface area (Å²) in [5.41, 5.74) is 11.7. The Labute approximate surface area is 230 Å². The quantitative estimate of drug-likeness (QED) is 0.367. The Bertz CT molecular complexity index is 1720. The van der Waals surface area contributed by atoms with Crippen molar-refractivity contribution in [2.75, 3.05) is 19.4 Å². The Balaban J connectivity index is 1.13. The molecule has 39 heavy (non-hydrogen) atoms. The highest BCUT2D eigenvalue weighted by molar-refractivity contribution is 6.34. The highest BCUT2D eigenvalue weighted by Gasteiger charge is 2.32. The second-order valence-corrected chi connectivity index (χ2v) is 10.7. The zero-order chi connectivity index (χ0) is 26.7. The molecule has 1 atom stereocenters. The molecule has 2 N–H and O–H groups in total. The lowest BCUT2D eigenvalue weighted by atomic mass is 9.93. The van der Waals surface area contributed by atoms with Gasteiger partial charge in [-0.1, -0.05) is 29.5 Å². The molecule has 0 saturated heterocycles. The zero-order valence-corrected chi connectivity index (χ0v) is 22.2. The average Bonchev–Trinajstić information content (AvgIpc) is 3.65. The summed E-state index contributed by atoms with van der Waals surface area (Å²) < 4.78 is 13.6. The Kier molecular flexibility index (Phi) is 5.72. The first kappa shape index (κ1) is 24.0. The van der Waals surface area contributed by atoms with Gasteiger partial charge >= 0.3 is 0 Å². The molecule has 4 aromatic rings. The number of hydrogen-bond acceptors (Lipinski definition) is 6. The molecule has 0 spiro atoms. The maximum atomic E-state index is 13.7. The number of carbonyl (C=O) groups is 1. The topological polar surface area (TPSA) is 95.5 Å². The van der Waals surface area contributed by atoms with Gasteiger partial charge in [-0.3, -0.25) is 9.48 Å². The lowest BCUT2D eigenvalue weighted by Crippen LogP contribution is -2.32. The summed E-state index contributed by atoms with van der Waals surface area (Å²) in [5.74, 6) is 7.39. The van der Waals surface area contributed by atoms with Crippen LogP contribution >= 0.6 is 11.6 Å². The number of amides is 1. The molecule has 9 heteroatoms. The summed E-state index contributed by atoms with van der Waals surface area (Å²) in [6.07, 6.45) is 7.47. The first-order chi connectivity index (χ1) is 19.0. The third-order valence-electron chi connectivity index (χ3n) is 8.01. The number of nitrogens with zero attached hydrogens (tertiary/aromatic N) is 4. The molecule has 1 fully saturated rings. The number of hydrogen-bond donors (Lipinski definition) is 1. The first-order valence-electron chi connectivity index (χ1n) is 13.0. The number of fused-ring (bicyclic) bond motifs is 4. The van der Waals surface area contributed by atoms with Gasteiger partial charge in [-0.25, -0.2) is 4.98 Å². The number of anilines is 1. The van der Waals surface area contributed by atoms with Gasteiger partial charge in [0.05, 0.1) is 53.2 Å². The van der Waals surface area contributed by atoms with Crippen LogP contribution in [0.3, 0.4) is 0 Å². The standard InChI is InChI=1S/C30H26ClN5O3/c1-35(30(37)22-10-21-23-14-38-15-24(23)29(32)34-26(21)11-25(22)31)27-16-39-28-9-17(7-8-20(27)28)5-6-18-12-33-36(13-18)19-3-2-4-19/h7-13,19,27H,2-4,14-16H2,1H3,(H2,32,34)/t27-/m1/s1. The van der Waals surface area contributed by atoms with Crippen molar-refractivity contribution in [1.29, 1.82) is 0 Å². The third-order valence-corrected chi connectivity index (χ3v) is 8.32. The number of rotatable bonds is 3. The minimum absolute atomic E-state index is 0.194. The lowest BCUT2D eigenvalue weighted by molar-refractivity contribution is 0.0709. The number of nitrogen functional groups attached to an aromatic ring is 1. The van der Waals surface area contributed by atoms with Crippen molar-refractivity contribution in [2.24, 2.45) is 0 Å². The van der Waals surface area contributed by atoms with Crippen molar-refractivity contribution in [1.82, 2.24) is 19.7 Å². The molecule has 1 saturated carbocycles. The zero-order valence-electron chi connectivity index (χ0n) is 21.4. The van der Waals surface area contributed by atoms with E-state index in [4.69, 9.17) is 26.8 Å². The molecule has 4 heterocycles. The Hall–Kier alpha value is -4.06. The largest absolute Gasteiger partial charge is 0.491 e. The average molecular weight is 540 g/mol. The fraction of sp³-hybridized carbons (Fsp3) is 0.300. The molecule has 1 amide bonds. The summed E-state index contributed by atoms with van der Waals surface area (Å²) >= 11 is 6.58. The van der Waals surface area contributed by atoms with Crippen LogP contribution in [-0.2, 0) is 18.0 Å². The highest BCUT2D eigenvalue weighted by Crippen LogP contribution is 2.39. The summed E-state index contributed by atoms with van der Waals surface area (Å²) in [6.45, 7) is 1.21. The van der Waals surface area contributed by atoms with E-state index in [-0.39, 0.29) is 11.9 Å². The first-order valence-corrected chi connectivity index (χ1v) is 13.4. The van der Waals surface area contributed by atoms with Crippen LogP contribution in [0.4, 0.5) is 5.82 Å². The summed E-state index contributed by atoms with van der Waals surface area (Å²) in [5, 5.41) is 5.61. The number of likely N-dealkylation sites (N-methyl/N-ethyl adjacent to an activating group) is 1. The van der Waals surface area contributed by atoms with Gasteiger partial charge in [0, 0.05) is 35.3 Å². The molecule has 8 nitrogen and oxygen atoms in total. The van der Waals surface area contributed by atoms with Crippen LogP contribution in [0.5, 0.6) is 5.75 Å². The van der Waals surface area contributed by atoms with Gasteiger partial charge in [0.25, 0.3) is 5.91 Å². The van der Waals surface area contributed by atoms with E-state index in [0.29, 0.717) is 47.8 Å².